The van der Waals surface area contributed by atoms with Crippen LogP contribution in [0.15, 0.2) is 0 Å². The largest absolute Gasteiger partial charge is 0.465 e. The van der Waals surface area contributed by atoms with E-state index in [0.717, 1.165) is 77.0 Å². The van der Waals surface area contributed by atoms with Gasteiger partial charge < -0.3 is 29.2 Å². The number of esters is 4. The first-order valence-electron chi connectivity index (χ1n) is 40.1. The van der Waals surface area contributed by atoms with Crippen LogP contribution in [0.3, 0.4) is 0 Å². The third kappa shape index (κ3) is 61.9. The number of aliphatic hydroxyl groups excluding tert-OH is 2. The minimum absolute atomic E-state index is 0.150. The molecule has 0 heterocycles. The van der Waals surface area contributed by atoms with Crippen LogP contribution in [0.1, 0.15) is 445 Å². The minimum Gasteiger partial charge on any atom is -0.465 e. The molecule has 0 saturated heterocycles. The summed E-state index contributed by atoms with van der Waals surface area (Å²) in [5.41, 5.74) is -1.53. The summed E-state index contributed by atoms with van der Waals surface area (Å²) in [6, 6.07) is 0. The lowest BCUT2D eigenvalue weighted by Gasteiger charge is -2.39. The summed E-state index contributed by atoms with van der Waals surface area (Å²) in [4.78, 5) is 55.0. The van der Waals surface area contributed by atoms with Crippen LogP contribution in [0.2, 0.25) is 0 Å². The van der Waals surface area contributed by atoms with Crippen LogP contribution in [0, 0.1) is 5.41 Å². The van der Waals surface area contributed by atoms with Crippen LogP contribution in [-0.2, 0) is 38.1 Å². The lowest BCUT2D eigenvalue weighted by Crippen LogP contribution is -2.51. The number of unbranched alkanes of at least 4 members (excludes halogenated alkanes) is 56. The fourth-order valence-corrected chi connectivity index (χ4v) is 12.8. The molecular weight excluding hydrogens is 1120 g/mol. The van der Waals surface area contributed by atoms with Gasteiger partial charge in [0.25, 0.3) is 0 Å². The number of carbonyl (C=O) groups excluding carboxylic acids is 4. The second kappa shape index (κ2) is 71.1. The molecule has 0 radical (unpaired) electrons. The van der Waals surface area contributed by atoms with E-state index in [0.29, 0.717) is 25.7 Å². The number of rotatable bonds is 75. The fraction of sp³-hybridized carbons (Fsp3) is 0.950. The Balaban J connectivity index is 5.91. The predicted molar refractivity (Wildman–Crippen MR) is 381 cm³/mol. The molecule has 0 fully saturated rings. The van der Waals surface area contributed by atoms with Crippen molar-refractivity contribution in [2.75, 3.05) is 26.4 Å². The summed E-state index contributed by atoms with van der Waals surface area (Å²) in [5, 5.41) is 21.3. The zero-order valence-electron chi connectivity index (χ0n) is 60.6. The van der Waals surface area contributed by atoms with Gasteiger partial charge in [-0.3, -0.25) is 19.2 Å². The fourth-order valence-electron chi connectivity index (χ4n) is 12.8. The summed E-state index contributed by atoms with van der Waals surface area (Å²) in [5.74, 6) is -1.75. The van der Waals surface area contributed by atoms with E-state index >= 15 is 0 Å². The molecule has 0 aromatic heterocycles. The highest BCUT2D eigenvalue weighted by atomic mass is 16.6. The van der Waals surface area contributed by atoms with Crippen LogP contribution in [-0.4, -0.2) is 72.7 Å². The summed E-state index contributed by atoms with van der Waals surface area (Å²) >= 11 is 0. The van der Waals surface area contributed by atoms with E-state index in [4.69, 9.17) is 18.9 Å². The average Bonchev–Trinajstić information content (AvgIpc) is 1.97. The standard InChI is InChI=1S/C80H154O10/c1-5-9-13-17-21-25-29-33-37-41-45-49-53-57-61-65-76(83)87-71-80(72-88-77(84)66-62-58-54-50-46-42-38-34-30-26-22-18-14-10-6-2,73-89-78(85)67-63-59-55-51-47-43-39-35-31-27-23-19-15-11-7-3)75(69-74(82)70-81)90-79(86)68-64-60-56-52-48-44-40-36-32-28-24-20-16-12-8-4/h74-75,81-82H,5-73H2,1-4H3. The van der Waals surface area contributed by atoms with Gasteiger partial charge in [0.05, 0.1) is 12.7 Å². The maximum Gasteiger partial charge on any atom is 0.306 e. The van der Waals surface area contributed by atoms with Crippen molar-refractivity contribution in [3.05, 3.63) is 0 Å². The Kier molecular flexibility index (Phi) is 69.4. The first-order chi connectivity index (χ1) is 44.2. The van der Waals surface area contributed by atoms with Crippen molar-refractivity contribution in [3.63, 3.8) is 0 Å². The highest BCUT2D eigenvalue weighted by molar-refractivity contribution is 5.71. The molecule has 0 aliphatic rings. The van der Waals surface area contributed by atoms with E-state index in [2.05, 4.69) is 27.7 Å². The summed E-state index contributed by atoms with van der Waals surface area (Å²) in [6.07, 6.45) is 71.1. The Hall–Kier alpha value is -2.20. The molecule has 10 heteroatoms. The van der Waals surface area contributed by atoms with Crippen LogP contribution in [0.4, 0.5) is 0 Å². The molecule has 10 nitrogen and oxygen atoms in total. The molecule has 2 unspecified atom stereocenters. The van der Waals surface area contributed by atoms with Gasteiger partial charge in [0.2, 0.25) is 0 Å². The summed E-state index contributed by atoms with van der Waals surface area (Å²) in [6.45, 7) is 7.42. The van der Waals surface area contributed by atoms with E-state index in [1.807, 2.05) is 0 Å². The smallest absolute Gasteiger partial charge is 0.306 e. The van der Waals surface area contributed by atoms with Crippen molar-refractivity contribution < 1.29 is 48.3 Å². The monoisotopic (exact) mass is 1280 g/mol. The number of ether oxygens (including phenoxy) is 4. The third-order valence-electron chi connectivity index (χ3n) is 19.2. The number of aliphatic hydroxyl groups is 2. The summed E-state index contributed by atoms with van der Waals surface area (Å²) in [7, 11) is 0. The van der Waals surface area contributed by atoms with Gasteiger partial charge in [0.1, 0.15) is 31.3 Å². The van der Waals surface area contributed by atoms with Crippen LogP contribution < -0.4 is 0 Å². The third-order valence-corrected chi connectivity index (χ3v) is 19.2. The highest BCUT2D eigenvalue weighted by Crippen LogP contribution is 2.33. The Morgan fingerprint density at radius 2 is 0.433 bits per heavy atom. The van der Waals surface area contributed by atoms with Gasteiger partial charge in [-0.05, 0) is 25.7 Å². The quantitative estimate of drug-likeness (QED) is 0.0343. The lowest BCUT2D eigenvalue weighted by atomic mass is 9.81. The van der Waals surface area contributed by atoms with E-state index in [-0.39, 0.29) is 51.9 Å². The normalized spacial score (nSPS) is 12.4. The first kappa shape index (κ1) is 87.8. The van der Waals surface area contributed by atoms with E-state index in [9.17, 15) is 29.4 Å². The number of carbonyl (C=O) groups is 4. The van der Waals surface area contributed by atoms with E-state index in [1.54, 1.807) is 0 Å². The number of hydrogen-bond acceptors (Lipinski definition) is 10. The molecule has 0 amide bonds. The van der Waals surface area contributed by atoms with Gasteiger partial charge in [-0.1, -0.05) is 387 Å². The van der Waals surface area contributed by atoms with Gasteiger partial charge >= 0.3 is 23.9 Å². The molecule has 0 saturated carbocycles. The Bertz CT molecular complexity index is 1380. The second-order valence-corrected chi connectivity index (χ2v) is 28.2. The Morgan fingerprint density at radius 3 is 0.611 bits per heavy atom. The molecule has 2 N–H and O–H groups in total. The molecule has 0 aromatic rings. The van der Waals surface area contributed by atoms with Crippen LogP contribution in [0.25, 0.3) is 0 Å². The molecule has 0 aromatic carbocycles. The van der Waals surface area contributed by atoms with Crippen molar-refractivity contribution >= 4 is 23.9 Å². The molecular formula is C80H154O10. The Labute approximate surface area is 558 Å². The van der Waals surface area contributed by atoms with Gasteiger partial charge in [-0.25, -0.2) is 0 Å². The minimum atomic E-state index is -1.53. The van der Waals surface area contributed by atoms with Gasteiger partial charge in [-0.15, -0.1) is 0 Å². The van der Waals surface area contributed by atoms with Gasteiger partial charge in [-0.2, -0.15) is 0 Å². The molecule has 0 spiro atoms. The van der Waals surface area contributed by atoms with Crippen molar-refractivity contribution in [2.45, 2.75) is 457 Å². The second-order valence-electron chi connectivity index (χ2n) is 28.2. The summed E-state index contributed by atoms with van der Waals surface area (Å²) < 4.78 is 24.5. The maximum absolute atomic E-state index is 13.9. The van der Waals surface area contributed by atoms with E-state index < -0.39 is 48.1 Å². The molecule has 90 heavy (non-hydrogen) atoms. The zero-order valence-corrected chi connectivity index (χ0v) is 60.6. The van der Waals surface area contributed by atoms with Gasteiger partial charge in [0, 0.05) is 32.1 Å². The van der Waals surface area contributed by atoms with Crippen molar-refractivity contribution in [1.29, 1.82) is 0 Å². The van der Waals surface area contributed by atoms with Crippen molar-refractivity contribution in [1.82, 2.24) is 0 Å². The lowest BCUT2D eigenvalue weighted by molar-refractivity contribution is -0.187. The highest BCUT2D eigenvalue weighted by Gasteiger charge is 2.47. The van der Waals surface area contributed by atoms with Crippen molar-refractivity contribution in [2.24, 2.45) is 5.41 Å². The molecule has 0 bridgehead atoms. The molecule has 2 atom stereocenters. The molecule has 534 valence electrons. The van der Waals surface area contributed by atoms with Crippen molar-refractivity contribution in [3.8, 4) is 0 Å². The zero-order chi connectivity index (χ0) is 65.6. The maximum atomic E-state index is 13.9. The number of hydrogen-bond donors (Lipinski definition) is 2. The van der Waals surface area contributed by atoms with Crippen LogP contribution >= 0.6 is 0 Å². The Morgan fingerprint density at radius 1 is 0.267 bits per heavy atom. The van der Waals surface area contributed by atoms with Gasteiger partial charge in [0.15, 0.2) is 0 Å². The molecule has 0 aliphatic carbocycles. The van der Waals surface area contributed by atoms with E-state index in [1.165, 1.54) is 283 Å². The topological polar surface area (TPSA) is 146 Å². The average molecular weight is 1280 g/mol. The first-order valence-corrected chi connectivity index (χ1v) is 40.1. The predicted octanol–water partition coefficient (Wildman–Crippen LogP) is 24.3. The van der Waals surface area contributed by atoms with Crippen LogP contribution in [0.5, 0.6) is 0 Å². The SMILES string of the molecule is CCCCCCCCCCCCCCCCCC(=O)OCC(COC(=O)CCCCCCCCCCCCCCCCC)(COC(=O)CCCCCCCCCCCCCCCCC)C(CC(O)CO)OC(=O)CCCCCCCCCCCCCCCCC. The molecule has 0 rings (SSSR count). The molecule has 0 aliphatic heterocycles.